The lowest BCUT2D eigenvalue weighted by atomic mass is 10.0. The van der Waals surface area contributed by atoms with E-state index in [2.05, 4.69) is 10.4 Å². The molecule has 3 aromatic rings. The number of carbonyl (C=O) groups is 1. The van der Waals surface area contributed by atoms with E-state index in [1.165, 1.54) is 17.8 Å². The molecule has 1 amide bonds. The number of hydrogen-bond acceptors (Lipinski definition) is 3. The van der Waals surface area contributed by atoms with E-state index in [9.17, 15) is 9.18 Å². The minimum atomic E-state index is -0.332. The second kappa shape index (κ2) is 6.78. The first-order chi connectivity index (χ1) is 12.6. The standard InChI is InChI=1S/C19H15ClFN3OS/c1-11-17-18(12-6-2-4-8-14(12)21)26-10-16(25)22-19(17)24(23-11)15-9-5-3-7-13(15)20/h2-9,18H,10H2,1H3,(H,22,25). The number of fused-ring (bicyclic) bond motifs is 1. The van der Waals surface area contributed by atoms with E-state index in [1.807, 2.05) is 25.1 Å². The van der Waals surface area contributed by atoms with Crippen molar-refractivity contribution in [2.45, 2.75) is 12.2 Å². The zero-order valence-electron chi connectivity index (χ0n) is 13.9. The number of benzene rings is 2. The van der Waals surface area contributed by atoms with E-state index >= 15 is 0 Å². The molecule has 0 saturated heterocycles. The monoisotopic (exact) mass is 387 g/mol. The van der Waals surface area contributed by atoms with Crippen LogP contribution in [0, 0.1) is 12.7 Å². The van der Waals surface area contributed by atoms with Gasteiger partial charge in [0.1, 0.15) is 11.6 Å². The lowest BCUT2D eigenvalue weighted by Crippen LogP contribution is -2.16. The number of hydrogen-bond donors (Lipinski definition) is 1. The average Bonchev–Trinajstić information content (AvgIpc) is 2.82. The number of aryl methyl sites for hydroxylation is 1. The Morgan fingerprint density at radius 1 is 1.23 bits per heavy atom. The molecule has 1 atom stereocenters. The highest BCUT2D eigenvalue weighted by Gasteiger charge is 2.32. The van der Waals surface area contributed by atoms with Crippen molar-refractivity contribution in [2.75, 3.05) is 11.1 Å². The van der Waals surface area contributed by atoms with Gasteiger partial charge in [0.05, 0.1) is 27.4 Å². The Morgan fingerprint density at radius 3 is 2.73 bits per heavy atom. The molecule has 0 bridgehead atoms. The van der Waals surface area contributed by atoms with Gasteiger partial charge in [-0.3, -0.25) is 4.79 Å². The first kappa shape index (κ1) is 17.1. The number of para-hydroxylation sites is 1. The van der Waals surface area contributed by atoms with Gasteiger partial charge in [0.15, 0.2) is 0 Å². The predicted octanol–water partition coefficient (Wildman–Crippen LogP) is 4.75. The van der Waals surface area contributed by atoms with Gasteiger partial charge in [-0.2, -0.15) is 5.10 Å². The SMILES string of the molecule is Cc1nn(-c2ccccc2Cl)c2c1C(c1ccccc1F)SCC(=O)N2. The Bertz CT molecular complexity index is 1000. The average molecular weight is 388 g/mol. The zero-order valence-corrected chi connectivity index (χ0v) is 15.4. The summed E-state index contributed by atoms with van der Waals surface area (Å²) in [6.45, 7) is 1.86. The molecule has 1 unspecified atom stereocenters. The van der Waals surface area contributed by atoms with Crippen molar-refractivity contribution >= 4 is 35.1 Å². The van der Waals surface area contributed by atoms with Crippen molar-refractivity contribution in [3.05, 3.63) is 76.2 Å². The normalized spacial score (nSPS) is 16.7. The van der Waals surface area contributed by atoms with Crippen molar-refractivity contribution in [2.24, 2.45) is 0 Å². The van der Waals surface area contributed by atoms with Gasteiger partial charge in [-0.1, -0.05) is 41.9 Å². The van der Waals surface area contributed by atoms with Crippen molar-refractivity contribution < 1.29 is 9.18 Å². The molecule has 4 rings (SSSR count). The smallest absolute Gasteiger partial charge is 0.235 e. The Hall–Kier alpha value is -2.31. The third-order valence-corrected chi connectivity index (χ3v) is 5.85. The Labute approximate surface area is 159 Å². The number of amides is 1. The van der Waals surface area contributed by atoms with Crippen molar-refractivity contribution in [1.82, 2.24) is 9.78 Å². The first-order valence-electron chi connectivity index (χ1n) is 8.06. The zero-order chi connectivity index (χ0) is 18.3. The van der Waals surface area contributed by atoms with Gasteiger partial charge >= 0.3 is 0 Å². The maximum Gasteiger partial charge on any atom is 0.235 e. The molecule has 0 saturated carbocycles. The van der Waals surface area contributed by atoms with Crippen LogP contribution < -0.4 is 5.32 Å². The lowest BCUT2D eigenvalue weighted by molar-refractivity contribution is -0.113. The van der Waals surface area contributed by atoms with Gasteiger partial charge in [-0.05, 0) is 25.1 Å². The van der Waals surface area contributed by atoms with E-state index in [0.29, 0.717) is 22.1 Å². The highest BCUT2D eigenvalue weighted by Crippen LogP contribution is 2.44. The van der Waals surface area contributed by atoms with Gasteiger partial charge in [0, 0.05) is 11.1 Å². The van der Waals surface area contributed by atoms with Crippen molar-refractivity contribution in [3.63, 3.8) is 0 Å². The predicted molar refractivity (Wildman–Crippen MR) is 103 cm³/mol. The summed E-state index contributed by atoms with van der Waals surface area (Å²) in [5.74, 6) is 0.327. The second-order valence-corrected chi connectivity index (χ2v) is 7.47. The van der Waals surface area contributed by atoms with E-state index in [0.717, 1.165) is 11.3 Å². The van der Waals surface area contributed by atoms with Crippen LogP contribution in [0.1, 0.15) is 22.1 Å². The molecule has 2 aromatic carbocycles. The second-order valence-electron chi connectivity index (χ2n) is 5.97. The van der Waals surface area contributed by atoms with Gasteiger partial charge in [0.25, 0.3) is 0 Å². The molecule has 4 nitrogen and oxygen atoms in total. The Morgan fingerprint density at radius 2 is 1.96 bits per heavy atom. The largest absolute Gasteiger partial charge is 0.310 e. The fraction of sp³-hybridized carbons (Fsp3) is 0.158. The number of nitrogens with one attached hydrogen (secondary N) is 1. The number of anilines is 1. The fourth-order valence-electron chi connectivity index (χ4n) is 3.11. The molecular weight excluding hydrogens is 373 g/mol. The van der Waals surface area contributed by atoms with Crippen LogP contribution in [0.3, 0.4) is 0 Å². The summed E-state index contributed by atoms with van der Waals surface area (Å²) in [6, 6.07) is 13.9. The van der Waals surface area contributed by atoms with Gasteiger partial charge in [0.2, 0.25) is 5.91 Å². The number of rotatable bonds is 2. The van der Waals surface area contributed by atoms with Crippen molar-refractivity contribution in [1.29, 1.82) is 0 Å². The maximum atomic E-state index is 14.5. The number of aromatic nitrogens is 2. The first-order valence-corrected chi connectivity index (χ1v) is 9.49. The summed E-state index contributed by atoms with van der Waals surface area (Å²) < 4.78 is 16.1. The van der Waals surface area contributed by atoms with Crippen LogP contribution in [0.2, 0.25) is 5.02 Å². The summed E-state index contributed by atoms with van der Waals surface area (Å²) in [4.78, 5) is 12.3. The minimum absolute atomic E-state index is 0.150. The third kappa shape index (κ3) is 2.89. The summed E-state index contributed by atoms with van der Waals surface area (Å²) in [5.41, 5.74) is 2.73. The molecule has 0 radical (unpaired) electrons. The summed E-state index contributed by atoms with van der Waals surface area (Å²) in [5, 5.41) is 7.69. The van der Waals surface area contributed by atoms with Gasteiger partial charge < -0.3 is 5.32 Å². The van der Waals surface area contributed by atoms with Crippen LogP contribution in [-0.2, 0) is 4.79 Å². The Balaban J connectivity index is 1.94. The Kier molecular flexibility index (Phi) is 4.46. The molecule has 1 aliphatic rings. The highest BCUT2D eigenvalue weighted by atomic mass is 35.5. The number of nitrogens with zero attached hydrogens (tertiary/aromatic N) is 2. The molecule has 26 heavy (non-hydrogen) atoms. The number of thioether (sulfide) groups is 1. The van der Waals surface area contributed by atoms with E-state index in [4.69, 9.17) is 11.6 Å². The molecule has 7 heteroatoms. The molecular formula is C19H15ClFN3OS. The molecule has 0 fully saturated rings. The van der Waals surface area contributed by atoms with Crippen LogP contribution in [0.25, 0.3) is 5.69 Å². The fourth-order valence-corrected chi connectivity index (χ4v) is 4.54. The van der Waals surface area contributed by atoms with Crippen LogP contribution >= 0.6 is 23.4 Å². The minimum Gasteiger partial charge on any atom is -0.310 e. The molecule has 1 N–H and O–H groups in total. The summed E-state index contributed by atoms with van der Waals surface area (Å²) in [7, 11) is 0. The molecule has 2 heterocycles. The van der Waals surface area contributed by atoms with Gasteiger partial charge in [-0.25, -0.2) is 9.07 Å². The van der Waals surface area contributed by atoms with Crippen LogP contribution in [0.15, 0.2) is 48.5 Å². The lowest BCUT2D eigenvalue weighted by Gasteiger charge is -2.16. The van der Waals surface area contributed by atoms with Crippen molar-refractivity contribution in [3.8, 4) is 5.69 Å². The molecule has 1 aliphatic heterocycles. The van der Waals surface area contributed by atoms with Crippen LogP contribution in [0.4, 0.5) is 10.2 Å². The molecule has 1 aromatic heterocycles. The quantitative estimate of drug-likeness (QED) is 0.690. The number of halogens is 2. The molecule has 132 valence electrons. The highest BCUT2D eigenvalue weighted by molar-refractivity contribution is 8.00. The van der Waals surface area contributed by atoms with Crippen LogP contribution in [-0.4, -0.2) is 21.4 Å². The molecule has 0 aliphatic carbocycles. The maximum absolute atomic E-state index is 14.5. The van der Waals surface area contributed by atoms with Gasteiger partial charge in [-0.15, -0.1) is 11.8 Å². The number of carbonyl (C=O) groups excluding carboxylic acids is 1. The topological polar surface area (TPSA) is 46.9 Å². The van der Waals surface area contributed by atoms with E-state index < -0.39 is 0 Å². The third-order valence-electron chi connectivity index (χ3n) is 4.28. The summed E-state index contributed by atoms with van der Waals surface area (Å²) in [6.07, 6.45) is 0. The van der Waals surface area contributed by atoms with E-state index in [1.54, 1.807) is 28.9 Å². The molecule has 0 spiro atoms. The van der Waals surface area contributed by atoms with Crippen LogP contribution in [0.5, 0.6) is 0 Å². The summed E-state index contributed by atoms with van der Waals surface area (Å²) >= 11 is 7.72. The van der Waals surface area contributed by atoms with E-state index in [-0.39, 0.29) is 22.7 Å².